The number of carbonyl (C=O) groups is 3. The van der Waals surface area contributed by atoms with Gasteiger partial charge in [-0.3, -0.25) is 19.4 Å². The Bertz CT molecular complexity index is 1370. The van der Waals surface area contributed by atoms with E-state index in [9.17, 15) is 19.5 Å². The Morgan fingerprint density at radius 2 is 1.93 bits per heavy atom. The summed E-state index contributed by atoms with van der Waals surface area (Å²) >= 11 is 0.897. The third kappa shape index (κ3) is 8.27. The van der Waals surface area contributed by atoms with Gasteiger partial charge in [0, 0.05) is 54.3 Å². The van der Waals surface area contributed by atoms with Crippen molar-refractivity contribution < 1.29 is 24.2 Å². The van der Waals surface area contributed by atoms with Gasteiger partial charge in [0.25, 0.3) is 5.91 Å². The summed E-state index contributed by atoms with van der Waals surface area (Å²) in [6.45, 7) is 6.31. The number of hydrogen-bond donors (Lipinski definition) is 3. The predicted molar refractivity (Wildman–Crippen MR) is 162 cm³/mol. The average molecular weight is 580 g/mol. The van der Waals surface area contributed by atoms with Gasteiger partial charge in [0.1, 0.15) is 24.0 Å². The molecular weight excluding hydrogens is 542 g/mol. The van der Waals surface area contributed by atoms with Gasteiger partial charge in [-0.1, -0.05) is 32.0 Å². The van der Waals surface area contributed by atoms with Crippen molar-refractivity contribution in [3.05, 3.63) is 71.4 Å². The molecule has 2 unspecified atom stereocenters. The molecule has 1 fully saturated rings. The predicted octanol–water partition coefficient (Wildman–Crippen LogP) is 3.54. The van der Waals surface area contributed by atoms with Crippen molar-refractivity contribution >= 4 is 45.1 Å². The van der Waals surface area contributed by atoms with Crippen LogP contribution in [0.5, 0.6) is 5.75 Å². The molecule has 10 nitrogen and oxygen atoms in total. The lowest BCUT2D eigenvalue weighted by molar-refractivity contribution is -0.135. The van der Waals surface area contributed by atoms with Gasteiger partial charge in [-0.05, 0) is 61.5 Å². The molecule has 3 aromatic rings. The van der Waals surface area contributed by atoms with E-state index in [1.54, 1.807) is 31.3 Å². The Labute approximate surface area is 244 Å². The minimum atomic E-state index is -0.603. The number of amides is 2. The molecule has 4 rings (SSSR count). The van der Waals surface area contributed by atoms with E-state index in [2.05, 4.69) is 20.8 Å². The number of hydrogen-bond acceptors (Lipinski definition) is 9. The van der Waals surface area contributed by atoms with Gasteiger partial charge in [0.2, 0.25) is 5.91 Å². The van der Waals surface area contributed by atoms with Crippen LogP contribution in [0.4, 0.5) is 0 Å². The molecular formula is C30H37N5O5S. The van der Waals surface area contributed by atoms with Crippen molar-refractivity contribution in [2.75, 3.05) is 26.7 Å². The number of thioether (sulfide) groups is 1. The minimum absolute atomic E-state index is 0.224. The molecule has 41 heavy (non-hydrogen) atoms. The number of nitrogens with zero attached hydrogens (tertiary/aromatic N) is 3. The molecule has 218 valence electrons. The summed E-state index contributed by atoms with van der Waals surface area (Å²) < 4.78 is 6.01. The molecule has 0 saturated carbocycles. The number of aryl methyl sites for hydroxylation is 1. The highest BCUT2D eigenvalue weighted by atomic mass is 32.2. The zero-order valence-electron chi connectivity index (χ0n) is 23.8. The van der Waals surface area contributed by atoms with Crippen LogP contribution in [0, 0.1) is 12.8 Å². The van der Waals surface area contributed by atoms with Crippen LogP contribution in [0.15, 0.2) is 59.7 Å². The van der Waals surface area contributed by atoms with Crippen LogP contribution in [0.2, 0.25) is 0 Å². The van der Waals surface area contributed by atoms with Crippen LogP contribution in [-0.2, 0) is 16.2 Å². The first kappa shape index (κ1) is 31.6. The van der Waals surface area contributed by atoms with E-state index >= 15 is 0 Å². The summed E-state index contributed by atoms with van der Waals surface area (Å²) in [6.07, 6.45) is 0.449. The Hall–Kier alpha value is -3.96. The zero-order valence-corrected chi connectivity index (χ0v) is 24.6. The maximum Gasteiger partial charge on any atom is 0.251 e. The number of para-hydroxylation sites is 1. The van der Waals surface area contributed by atoms with E-state index in [1.807, 2.05) is 51.1 Å². The van der Waals surface area contributed by atoms with Crippen LogP contribution in [-0.4, -0.2) is 70.3 Å². The molecule has 1 saturated heterocycles. The number of pyridine rings is 1. The Morgan fingerprint density at radius 3 is 2.61 bits per heavy atom. The first-order chi connectivity index (χ1) is 19.9. The topological polar surface area (TPSA) is 133 Å². The first-order valence-electron chi connectivity index (χ1n) is 13.6. The summed E-state index contributed by atoms with van der Waals surface area (Å²) in [5, 5.41) is 18.0. The Balaban J connectivity index is 0.00000226. The number of rotatable bonds is 9. The third-order valence-electron chi connectivity index (χ3n) is 6.57. The molecule has 1 aliphatic rings. The van der Waals surface area contributed by atoms with Crippen LogP contribution < -0.4 is 15.5 Å². The van der Waals surface area contributed by atoms with Gasteiger partial charge in [-0.15, -0.1) is 0 Å². The SMILES string of the molecule is CC.CN/N=C(\SC=O)C1CN(C(=O)CO)CCC1NC(=O)c1ccc(OCc2cc(C)nc3ccccc23)cc1. The minimum Gasteiger partial charge on any atom is -0.489 e. The number of carbonyl (C=O) groups excluding carboxylic acids is 3. The van der Waals surface area contributed by atoms with E-state index in [4.69, 9.17) is 4.74 Å². The smallest absolute Gasteiger partial charge is 0.251 e. The number of aromatic nitrogens is 1. The fourth-order valence-electron chi connectivity index (χ4n) is 4.69. The van der Waals surface area contributed by atoms with E-state index in [-0.39, 0.29) is 18.5 Å². The number of aliphatic hydroxyl groups excluding tert-OH is 1. The van der Waals surface area contributed by atoms with E-state index in [1.165, 1.54) is 4.90 Å². The molecule has 3 N–H and O–H groups in total. The van der Waals surface area contributed by atoms with Crippen molar-refractivity contribution in [3.63, 3.8) is 0 Å². The molecule has 0 aliphatic carbocycles. The standard InChI is InChI=1S/C28H31N5O5S.C2H6/c1-18-13-20(22-5-3-4-6-24(22)30-18)16-38-21-9-7-19(8-10-21)27(37)31-25-11-12-33(26(36)15-34)14-23(25)28(32-29-2)39-17-35;1-2/h3-10,13,17,23,25,29,34H,11-12,14-16H2,1-2H3,(H,31,37);1-2H3/b32-28-;. The highest BCUT2D eigenvalue weighted by Gasteiger charge is 2.36. The summed E-state index contributed by atoms with van der Waals surface area (Å²) in [4.78, 5) is 42.6. The molecule has 2 atom stereocenters. The van der Waals surface area contributed by atoms with Gasteiger partial charge in [0.05, 0.1) is 5.52 Å². The molecule has 1 aliphatic heterocycles. The monoisotopic (exact) mass is 579 g/mol. The van der Waals surface area contributed by atoms with Crippen LogP contribution in [0.1, 0.15) is 41.9 Å². The second kappa shape index (κ2) is 15.7. The summed E-state index contributed by atoms with van der Waals surface area (Å²) in [6, 6.07) is 16.5. The van der Waals surface area contributed by atoms with E-state index in [0.717, 1.165) is 33.9 Å². The van der Waals surface area contributed by atoms with Crippen molar-refractivity contribution in [1.29, 1.82) is 0 Å². The number of ether oxygens (including phenoxy) is 1. The van der Waals surface area contributed by atoms with Crippen LogP contribution in [0.25, 0.3) is 10.9 Å². The van der Waals surface area contributed by atoms with Crippen molar-refractivity contribution in [1.82, 2.24) is 20.6 Å². The van der Waals surface area contributed by atoms with Crippen molar-refractivity contribution in [2.45, 2.75) is 39.8 Å². The van der Waals surface area contributed by atoms with Crippen molar-refractivity contribution in [3.8, 4) is 5.75 Å². The zero-order chi connectivity index (χ0) is 29.8. The number of hydrazone groups is 1. The van der Waals surface area contributed by atoms with Gasteiger partial charge < -0.3 is 25.5 Å². The quantitative estimate of drug-likeness (QED) is 0.152. The number of benzene rings is 2. The van der Waals surface area contributed by atoms with E-state index in [0.29, 0.717) is 41.5 Å². The summed E-state index contributed by atoms with van der Waals surface area (Å²) in [7, 11) is 1.61. The number of nitrogens with one attached hydrogen (secondary N) is 2. The summed E-state index contributed by atoms with van der Waals surface area (Å²) in [5.41, 5.74) is 6.66. The molecule has 2 aromatic carbocycles. The van der Waals surface area contributed by atoms with Gasteiger partial charge in [-0.25, -0.2) is 0 Å². The largest absolute Gasteiger partial charge is 0.489 e. The number of aliphatic hydroxyl groups is 1. The van der Waals surface area contributed by atoms with E-state index < -0.39 is 18.4 Å². The number of fused-ring (bicyclic) bond motifs is 1. The molecule has 0 radical (unpaired) electrons. The van der Waals surface area contributed by atoms with Gasteiger partial charge >= 0.3 is 0 Å². The molecule has 1 aromatic heterocycles. The number of piperidine rings is 1. The van der Waals surface area contributed by atoms with Crippen LogP contribution >= 0.6 is 11.8 Å². The third-order valence-corrected chi connectivity index (χ3v) is 7.30. The maximum absolute atomic E-state index is 13.1. The second-order valence-corrected chi connectivity index (χ2v) is 9.96. The maximum atomic E-state index is 13.1. The van der Waals surface area contributed by atoms with Gasteiger partial charge in [0.15, 0.2) is 5.62 Å². The van der Waals surface area contributed by atoms with Crippen LogP contribution in [0.3, 0.4) is 0 Å². The lowest BCUT2D eigenvalue weighted by Crippen LogP contribution is -2.55. The molecule has 0 spiro atoms. The molecule has 0 bridgehead atoms. The lowest BCUT2D eigenvalue weighted by atomic mass is 9.92. The fraction of sp³-hybridized carbons (Fsp3) is 0.367. The average Bonchev–Trinajstić information content (AvgIpc) is 3.00. The van der Waals surface area contributed by atoms with Crippen molar-refractivity contribution in [2.24, 2.45) is 11.0 Å². The highest BCUT2D eigenvalue weighted by molar-refractivity contribution is 8.24. The highest BCUT2D eigenvalue weighted by Crippen LogP contribution is 2.25. The molecule has 2 heterocycles. The molecule has 2 amide bonds. The molecule has 11 heteroatoms. The van der Waals surface area contributed by atoms with Gasteiger partial charge in [-0.2, -0.15) is 5.10 Å². The normalized spacial score (nSPS) is 16.8. The second-order valence-electron chi connectivity index (χ2n) is 9.11. The Kier molecular flexibility index (Phi) is 12.1. The fourth-order valence-corrected chi connectivity index (χ4v) is 5.34. The lowest BCUT2D eigenvalue weighted by Gasteiger charge is -2.38. The Morgan fingerprint density at radius 1 is 1.20 bits per heavy atom. The first-order valence-corrected chi connectivity index (χ1v) is 14.4. The number of likely N-dealkylation sites (tertiary alicyclic amines) is 1. The summed E-state index contributed by atoms with van der Waals surface area (Å²) in [5.74, 6) is -0.476.